The Morgan fingerprint density at radius 3 is 3.13 bits per heavy atom. The van der Waals surface area contributed by atoms with E-state index < -0.39 is 0 Å². The van der Waals surface area contributed by atoms with Crippen LogP contribution in [0.5, 0.6) is 0 Å². The number of hydrogen-bond acceptors (Lipinski definition) is 5. The average Bonchev–Trinajstić information content (AvgIpc) is 2.60. The molecule has 0 atom stereocenters. The van der Waals surface area contributed by atoms with Crippen LogP contribution < -0.4 is 11.1 Å². The van der Waals surface area contributed by atoms with Crippen LogP contribution in [0.15, 0.2) is 18.2 Å². The van der Waals surface area contributed by atoms with Crippen LogP contribution in [0.2, 0.25) is 0 Å². The van der Waals surface area contributed by atoms with Gasteiger partial charge in [-0.05, 0) is 24.6 Å². The zero-order valence-corrected chi connectivity index (χ0v) is 9.05. The summed E-state index contributed by atoms with van der Waals surface area (Å²) in [5.41, 5.74) is 7.40. The normalized spacial score (nSPS) is 10.7. The molecule has 0 unspecified atom stereocenters. The van der Waals surface area contributed by atoms with Crippen molar-refractivity contribution in [3.63, 3.8) is 0 Å². The maximum absolute atomic E-state index is 8.65. The Morgan fingerprint density at radius 2 is 2.33 bits per heavy atom. The molecule has 0 aliphatic rings. The lowest BCUT2D eigenvalue weighted by Crippen LogP contribution is -2.02. The predicted molar refractivity (Wildman–Crippen MR) is 64.2 cm³/mol. The van der Waals surface area contributed by atoms with Crippen LogP contribution in [0.25, 0.3) is 10.2 Å². The third-order valence-corrected chi connectivity index (χ3v) is 3.00. The number of nitrogen functional groups attached to an aromatic ring is 1. The summed E-state index contributed by atoms with van der Waals surface area (Å²) in [4.78, 5) is 4.40. The molecule has 80 valence electrons. The van der Waals surface area contributed by atoms with Crippen molar-refractivity contribution < 1.29 is 5.11 Å². The van der Waals surface area contributed by atoms with Gasteiger partial charge in [-0.15, -0.1) is 0 Å². The maximum atomic E-state index is 8.65. The van der Waals surface area contributed by atoms with Gasteiger partial charge in [0.1, 0.15) is 0 Å². The van der Waals surface area contributed by atoms with Crippen LogP contribution >= 0.6 is 11.3 Å². The van der Waals surface area contributed by atoms with Crippen LogP contribution in [0.4, 0.5) is 10.8 Å². The summed E-state index contributed by atoms with van der Waals surface area (Å²) in [6, 6.07) is 5.68. The van der Waals surface area contributed by atoms with E-state index >= 15 is 0 Å². The Hall–Kier alpha value is -1.33. The number of benzene rings is 1. The van der Waals surface area contributed by atoms with Crippen molar-refractivity contribution in [1.82, 2.24) is 4.98 Å². The molecule has 0 aliphatic carbocycles. The Morgan fingerprint density at radius 1 is 1.47 bits per heavy atom. The first-order valence-corrected chi connectivity index (χ1v) is 5.62. The number of hydrogen-bond donors (Lipinski definition) is 3. The van der Waals surface area contributed by atoms with E-state index in [0.29, 0.717) is 0 Å². The summed E-state index contributed by atoms with van der Waals surface area (Å²) < 4.78 is 1.08. The van der Waals surface area contributed by atoms with Gasteiger partial charge in [-0.25, -0.2) is 4.98 Å². The Labute approximate surface area is 91.8 Å². The lowest BCUT2D eigenvalue weighted by Gasteiger charge is -1.97. The van der Waals surface area contributed by atoms with Gasteiger partial charge in [-0.3, -0.25) is 0 Å². The van der Waals surface area contributed by atoms with E-state index in [0.717, 1.165) is 34.0 Å². The van der Waals surface area contributed by atoms with Crippen molar-refractivity contribution in [1.29, 1.82) is 0 Å². The first kappa shape index (κ1) is 10.2. The summed E-state index contributed by atoms with van der Waals surface area (Å²) in [6.45, 7) is 0.941. The third-order valence-electron chi connectivity index (χ3n) is 2.02. The van der Waals surface area contributed by atoms with Crippen LogP contribution in [0.3, 0.4) is 0 Å². The Kier molecular flexibility index (Phi) is 3.03. The zero-order valence-electron chi connectivity index (χ0n) is 8.23. The van der Waals surface area contributed by atoms with Crippen molar-refractivity contribution >= 4 is 32.4 Å². The molecule has 4 nitrogen and oxygen atoms in total. The number of anilines is 2. The topological polar surface area (TPSA) is 71.2 Å². The largest absolute Gasteiger partial charge is 0.399 e. The fourth-order valence-corrected chi connectivity index (χ4v) is 2.23. The number of thiazole rings is 1. The highest BCUT2D eigenvalue weighted by Gasteiger charge is 2.02. The number of rotatable bonds is 4. The van der Waals surface area contributed by atoms with Gasteiger partial charge in [-0.2, -0.15) is 0 Å². The molecule has 1 aromatic carbocycles. The smallest absolute Gasteiger partial charge is 0.183 e. The van der Waals surface area contributed by atoms with E-state index in [1.165, 1.54) is 0 Å². The second-order valence-electron chi connectivity index (χ2n) is 3.25. The van der Waals surface area contributed by atoms with Crippen LogP contribution in [0.1, 0.15) is 6.42 Å². The number of aromatic nitrogens is 1. The Bertz CT molecular complexity index is 455. The monoisotopic (exact) mass is 223 g/mol. The van der Waals surface area contributed by atoms with Crippen LogP contribution in [0, 0.1) is 0 Å². The van der Waals surface area contributed by atoms with Gasteiger partial charge in [0, 0.05) is 18.8 Å². The SMILES string of the molecule is Nc1ccc2nc(NCCCO)sc2c1. The van der Waals surface area contributed by atoms with Crippen molar-refractivity contribution in [3.8, 4) is 0 Å². The fraction of sp³-hybridized carbons (Fsp3) is 0.300. The molecule has 0 bridgehead atoms. The minimum atomic E-state index is 0.199. The van der Waals surface area contributed by atoms with Gasteiger partial charge >= 0.3 is 0 Å². The first-order chi connectivity index (χ1) is 7.29. The number of nitrogens with zero attached hydrogens (tertiary/aromatic N) is 1. The zero-order chi connectivity index (χ0) is 10.7. The summed E-state index contributed by atoms with van der Waals surface area (Å²) >= 11 is 1.58. The minimum absolute atomic E-state index is 0.199. The standard InChI is InChI=1S/C10H13N3OS/c11-7-2-3-8-9(6-7)15-10(13-8)12-4-1-5-14/h2-3,6,14H,1,4-5,11H2,(H,12,13). The molecule has 0 radical (unpaired) electrons. The van der Waals surface area contributed by atoms with Crippen molar-refractivity contribution in [3.05, 3.63) is 18.2 Å². The molecule has 0 fully saturated rings. The van der Waals surface area contributed by atoms with Gasteiger partial charge in [0.25, 0.3) is 0 Å². The summed E-state index contributed by atoms with van der Waals surface area (Å²) in [5, 5.41) is 12.7. The molecule has 0 aliphatic heterocycles. The molecule has 0 saturated carbocycles. The molecule has 1 heterocycles. The average molecular weight is 223 g/mol. The fourth-order valence-electron chi connectivity index (χ4n) is 1.29. The van der Waals surface area contributed by atoms with E-state index in [4.69, 9.17) is 10.8 Å². The molecular weight excluding hydrogens is 210 g/mol. The second kappa shape index (κ2) is 4.46. The van der Waals surface area contributed by atoms with Crippen LogP contribution in [-0.4, -0.2) is 23.2 Å². The highest BCUT2D eigenvalue weighted by molar-refractivity contribution is 7.22. The minimum Gasteiger partial charge on any atom is -0.399 e. The third kappa shape index (κ3) is 2.37. The van der Waals surface area contributed by atoms with Gasteiger partial charge in [0.2, 0.25) is 0 Å². The van der Waals surface area contributed by atoms with E-state index in [2.05, 4.69) is 10.3 Å². The molecule has 0 saturated heterocycles. The highest BCUT2D eigenvalue weighted by Crippen LogP contribution is 2.27. The van der Waals surface area contributed by atoms with E-state index in [1.54, 1.807) is 11.3 Å². The maximum Gasteiger partial charge on any atom is 0.183 e. The number of aliphatic hydroxyl groups excluding tert-OH is 1. The summed E-state index contributed by atoms with van der Waals surface area (Å²) in [6.07, 6.45) is 0.734. The lowest BCUT2D eigenvalue weighted by atomic mass is 10.3. The molecule has 0 amide bonds. The number of nitrogens with one attached hydrogen (secondary N) is 1. The first-order valence-electron chi connectivity index (χ1n) is 4.80. The number of aliphatic hydroxyl groups is 1. The highest BCUT2D eigenvalue weighted by atomic mass is 32.1. The van der Waals surface area contributed by atoms with E-state index in [1.807, 2.05) is 18.2 Å². The predicted octanol–water partition coefficient (Wildman–Crippen LogP) is 1.67. The molecule has 4 N–H and O–H groups in total. The van der Waals surface area contributed by atoms with Gasteiger partial charge < -0.3 is 16.2 Å². The molecule has 2 rings (SSSR count). The van der Waals surface area contributed by atoms with E-state index in [9.17, 15) is 0 Å². The second-order valence-corrected chi connectivity index (χ2v) is 4.28. The van der Waals surface area contributed by atoms with E-state index in [-0.39, 0.29) is 6.61 Å². The summed E-state index contributed by atoms with van der Waals surface area (Å²) in [7, 11) is 0. The molecular formula is C10H13N3OS. The van der Waals surface area contributed by atoms with Crippen LogP contribution in [-0.2, 0) is 0 Å². The molecule has 0 spiro atoms. The number of nitrogens with two attached hydrogens (primary N) is 1. The lowest BCUT2D eigenvalue weighted by molar-refractivity contribution is 0.292. The molecule has 5 heteroatoms. The summed E-state index contributed by atoms with van der Waals surface area (Å²) in [5.74, 6) is 0. The van der Waals surface area contributed by atoms with Gasteiger partial charge in [0.05, 0.1) is 10.2 Å². The quantitative estimate of drug-likeness (QED) is 0.544. The molecule has 1 aromatic heterocycles. The molecule has 2 aromatic rings. The molecule has 15 heavy (non-hydrogen) atoms. The van der Waals surface area contributed by atoms with Crippen molar-refractivity contribution in [2.45, 2.75) is 6.42 Å². The number of fused-ring (bicyclic) bond motifs is 1. The van der Waals surface area contributed by atoms with Crippen molar-refractivity contribution in [2.24, 2.45) is 0 Å². The Balaban J connectivity index is 2.16. The van der Waals surface area contributed by atoms with Gasteiger partial charge in [-0.1, -0.05) is 11.3 Å². The van der Waals surface area contributed by atoms with Crippen molar-refractivity contribution in [2.75, 3.05) is 24.2 Å². The van der Waals surface area contributed by atoms with Gasteiger partial charge in [0.15, 0.2) is 5.13 Å².